The monoisotopic (exact) mass is 186 g/mol. The Labute approximate surface area is 84.4 Å². The number of benzene rings is 1. The van der Waals surface area contributed by atoms with Crippen molar-refractivity contribution < 1.29 is 5.11 Å². The van der Waals surface area contributed by atoms with Crippen LogP contribution in [0.3, 0.4) is 0 Å². The molecule has 2 rings (SSSR count). The lowest BCUT2D eigenvalue weighted by Gasteiger charge is -2.02. The van der Waals surface area contributed by atoms with Crippen LogP contribution in [0.4, 0.5) is 0 Å². The van der Waals surface area contributed by atoms with Gasteiger partial charge in [-0.2, -0.15) is 0 Å². The summed E-state index contributed by atoms with van der Waals surface area (Å²) in [6, 6.07) is 6.06. The third-order valence-corrected chi connectivity index (χ3v) is 2.49. The van der Waals surface area contributed by atoms with E-state index in [1.807, 2.05) is 12.1 Å². The van der Waals surface area contributed by atoms with Crippen molar-refractivity contribution in [3.05, 3.63) is 47.0 Å². The molecule has 14 heavy (non-hydrogen) atoms. The highest BCUT2D eigenvalue weighted by Crippen LogP contribution is 2.20. The fourth-order valence-corrected chi connectivity index (χ4v) is 1.59. The van der Waals surface area contributed by atoms with Crippen LogP contribution in [0.2, 0.25) is 0 Å². The molecule has 1 unspecified atom stereocenters. The van der Waals surface area contributed by atoms with Crippen LogP contribution in [0.1, 0.15) is 23.6 Å². The molecule has 1 aliphatic rings. The minimum Gasteiger partial charge on any atom is -0.392 e. The van der Waals surface area contributed by atoms with Crippen LogP contribution in [-0.2, 0) is 6.61 Å². The van der Waals surface area contributed by atoms with Gasteiger partial charge in [0.25, 0.3) is 0 Å². The van der Waals surface area contributed by atoms with Gasteiger partial charge in [-0.25, -0.2) is 0 Å². The van der Waals surface area contributed by atoms with E-state index in [4.69, 9.17) is 5.11 Å². The number of rotatable bonds is 1. The fraction of sp³-hybridized carbons (Fsp3) is 0.231. The number of aliphatic hydroxyl groups excluding tert-OH is 1. The van der Waals surface area contributed by atoms with Crippen molar-refractivity contribution in [1.82, 2.24) is 0 Å². The molecule has 0 heterocycles. The summed E-state index contributed by atoms with van der Waals surface area (Å²) in [5.74, 6) is 0.486. The van der Waals surface area contributed by atoms with Crippen LogP contribution < -0.4 is 0 Å². The van der Waals surface area contributed by atoms with Crippen LogP contribution >= 0.6 is 0 Å². The van der Waals surface area contributed by atoms with E-state index < -0.39 is 0 Å². The maximum Gasteiger partial charge on any atom is 0.0682 e. The Balaban J connectivity index is 2.47. The summed E-state index contributed by atoms with van der Waals surface area (Å²) in [6.45, 7) is 2.27. The van der Waals surface area contributed by atoms with Crippen LogP contribution in [0, 0.1) is 5.92 Å². The second kappa shape index (κ2) is 3.81. The Morgan fingerprint density at radius 3 is 2.57 bits per heavy atom. The molecule has 0 aliphatic heterocycles. The highest BCUT2D eigenvalue weighted by molar-refractivity contribution is 5.68. The van der Waals surface area contributed by atoms with Gasteiger partial charge in [0.15, 0.2) is 0 Å². The second-order valence-electron chi connectivity index (χ2n) is 3.70. The van der Waals surface area contributed by atoms with Gasteiger partial charge in [-0.3, -0.25) is 0 Å². The minimum absolute atomic E-state index is 0.111. The maximum absolute atomic E-state index is 9.02. The fourth-order valence-electron chi connectivity index (χ4n) is 1.59. The van der Waals surface area contributed by atoms with Crippen LogP contribution in [0.5, 0.6) is 0 Å². The first-order valence-electron chi connectivity index (χ1n) is 4.90. The molecule has 0 spiro atoms. The summed E-state index contributed by atoms with van der Waals surface area (Å²) >= 11 is 0. The van der Waals surface area contributed by atoms with E-state index in [2.05, 4.69) is 37.3 Å². The first-order chi connectivity index (χ1) is 6.79. The summed E-state index contributed by atoms with van der Waals surface area (Å²) < 4.78 is 0. The Bertz CT molecular complexity index is 388. The highest BCUT2D eigenvalue weighted by atomic mass is 16.3. The van der Waals surface area contributed by atoms with Crippen molar-refractivity contribution in [3.63, 3.8) is 0 Å². The molecule has 1 heteroatoms. The molecule has 0 radical (unpaired) electrons. The van der Waals surface area contributed by atoms with Gasteiger partial charge in [-0.15, -0.1) is 0 Å². The molecule has 1 aromatic rings. The smallest absolute Gasteiger partial charge is 0.0682 e. The normalized spacial score (nSPS) is 19.1. The number of fused-ring (bicyclic) bond motifs is 1. The molecule has 1 aromatic carbocycles. The molecular formula is C13H14O. The van der Waals surface area contributed by atoms with Crippen LogP contribution in [0.15, 0.2) is 30.4 Å². The molecule has 0 fully saturated rings. The minimum atomic E-state index is 0.111. The van der Waals surface area contributed by atoms with Gasteiger partial charge in [0.05, 0.1) is 6.61 Å². The van der Waals surface area contributed by atoms with E-state index in [1.54, 1.807) is 0 Å². The molecular weight excluding hydrogens is 172 g/mol. The summed E-state index contributed by atoms with van der Waals surface area (Å²) in [7, 11) is 0. The summed E-state index contributed by atoms with van der Waals surface area (Å²) in [5.41, 5.74) is 3.39. The molecule has 0 aromatic heterocycles. The van der Waals surface area contributed by atoms with Gasteiger partial charge in [-0.05, 0) is 28.7 Å². The van der Waals surface area contributed by atoms with E-state index in [1.165, 1.54) is 11.1 Å². The van der Waals surface area contributed by atoms with Crippen LogP contribution in [-0.4, -0.2) is 5.11 Å². The zero-order chi connectivity index (χ0) is 9.97. The molecule has 1 nitrogen and oxygen atoms in total. The Morgan fingerprint density at radius 1 is 1.14 bits per heavy atom. The van der Waals surface area contributed by atoms with E-state index in [9.17, 15) is 0 Å². The first-order valence-corrected chi connectivity index (χ1v) is 4.90. The molecule has 0 saturated carbocycles. The van der Waals surface area contributed by atoms with Gasteiger partial charge < -0.3 is 5.11 Å². The van der Waals surface area contributed by atoms with Gasteiger partial charge in [0, 0.05) is 0 Å². The lowest BCUT2D eigenvalue weighted by molar-refractivity contribution is 0.282. The summed E-state index contributed by atoms with van der Waals surface area (Å²) in [6.07, 6.45) is 8.62. The molecule has 1 N–H and O–H groups in total. The van der Waals surface area contributed by atoms with Crippen molar-refractivity contribution in [1.29, 1.82) is 0 Å². The first kappa shape index (κ1) is 9.22. The number of aliphatic hydroxyl groups is 1. The van der Waals surface area contributed by atoms with E-state index in [-0.39, 0.29) is 6.61 Å². The molecule has 1 aliphatic carbocycles. The largest absolute Gasteiger partial charge is 0.392 e. The van der Waals surface area contributed by atoms with Gasteiger partial charge >= 0.3 is 0 Å². The average Bonchev–Trinajstić information content (AvgIpc) is 2.40. The number of hydrogen-bond acceptors (Lipinski definition) is 1. The van der Waals surface area contributed by atoms with E-state index in [0.717, 1.165) is 5.56 Å². The standard InChI is InChI=1S/C13H14O/c1-10-2-5-12-7-4-11(9-14)8-13(12)6-3-10/h2-8,10,14H,9H2,1H3. The molecule has 1 atom stereocenters. The van der Waals surface area contributed by atoms with Crippen molar-refractivity contribution in [2.45, 2.75) is 13.5 Å². The van der Waals surface area contributed by atoms with Gasteiger partial charge in [0.1, 0.15) is 0 Å². The second-order valence-corrected chi connectivity index (χ2v) is 3.70. The van der Waals surface area contributed by atoms with Crippen molar-refractivity contribution in [2.24, 2.45) is 5.92 Å². The lowest BCUT2D eigenvalue weighted by atomic mass is 10.0. The quantitative estimate of drug-likeness (QED) is 0.715. The molecule has 0 bridgehead atoms. The van der Waals surface area contributed by atoms with Crippen LogP contribution in [0.25, 0.3) is 12.2 Å². The van der Waals surface area contributed by atoms with Gasteiger partial charge in [-0.1, -0.05) is 43.4 Å². The number of allylic oxidation sites excluding steroid dienone is 2. The topological polar surface area (TPSA) is 20.2 Å². The molecule has 0 saturated heterocycles. The predicted molar refractivity (Wildman–Crippen MR) is 59.6 cm³/mol. The van der Waals surface area contributed by atoms with Crippen molar-refractivity contribution in [2.75, 3.05) is 0 Å². The van der Waals surface area contributed by atoms with E-state index in [0.29, 0.717) is 5.92 Å². The maximum atomic E-state index is 9.02. The Hall–Kier alpha value is -1.34. The zero-order valence-corrected chi connectivity index (χ0v) is 8.27. The van der Waals surface area contributed by atoms with E-state index >= 15 is 0 Å². The van der Waals surface area contributed by atoms with Crippen molar-refractivity contribution in [3.8, 4) is 0 Å². The zero-order valence-electron chi connectivity index (χ0n) is 8.27. The van der Waals surface area contributed by atoms with Crippen molar-refractivity contribution >= 4 is 12.2 Å². The Kier molecular flexibility index (Phi) is 2.51. The summed E-state index contributed by atoms with van der Waals surface area (Å²) in [5, 5.41) is 9.02. The summed E-state index contributed by atoms with van der Waals surface area (Å²) in [4.78, 5) is 0. The predicted octanol–water partition coefficient (Wildman–Crippen LogP) is 2.86. The van der Waals surface area contributed by atoms with Gasteiger partial charge in [0.2, 0.25) is 0 Å². The third kappa shape index (κ3) is 1.78. The third-order valence-electron chi connectivity index (χ3n) is 2.49. The molecule has 0 amide bonds. The average molecular weight is 186 g/mol. The Morgan fingerprint density at radius 2 is 1.86 bits per heavy atom. The highest BCUT2D eigenvalue weighted by Gasteiger charge is 2.02. The SMILES string of the molecule is CC1C=Cc2ccc(CO)cc2C=C1. The lowest BCUT2D eigenvalue weighted by Crippen LogP contribution is -1.86. The number of hydrogen-bond donors (Lipinski definition) is 1. The molecule has 72 valence electrons.